The first-order valence-corrected chi connectivity index (χ1v) is 7.71. The van der Waals surface area contributed by atoms with Gasteiger partial charge in [0.05, 0.1) is 16.7 Å². The van der Waals surface area contributed by atoms with Gasteiger partial charge in [0.1, 0.15) is 0 Å². The molecule has 1 amide bonds. The van der Waals surface area contributed by atoms with E-state index in [-0.39, 0.29) is 15.7 Å². The average Bonchev–Trinajstić information content (AvgIpc) is 2.85. The number of amides is 1. The molecule has 8 heteroatoms. The van der Waals surface area contributed by atoms with E-state index in [1.807, 2.05) is 0 Å². The Kier molecular flexibility index (Phi) is 4.36. The van der Waals surface area contributed by atoms with E-state index in [4.69, 9.17) is 16.0 Å². The van der Waals surface area contributed by atoms with Crippen molar-refractivity contribution in [2.45, 2.75) is 4.90 Å². The molecule has 0 saturated heterocycles. The summed E-state index contributed by atoms with van der Waals surface area (Å²) in [6, 6.07) is 7.39. The molecule has 0 bridgehead atoms. The Morgan fingerprint density at radius 3 is 2.57 bits per heavy atom. The van der Waals surface area contributed by atoms with Crippen molar-refractivity contribution in [1.82, 2.24) is 4.31 Å². The summed E-state index contributed by atoms with van der Waals surface area (Å²) in [5.41, 5.74) is 0.526. The third-order valence-electron chi connectivity index (χ3n) is 2.73. The third kappa shape index (κ3) is 3.26. The van der Waals surface area contributed by atoms with Crippen LogP contribution in [0.1, 0.15) is 10.4 Å². The summed E-state index contributed by atoms with van der Waals surface area (Å²) in [6.45, 7) is 0. The SMILES string of the molecule is CN(C)S(=O)(=O)c1cccc(NC(=O)c2ccoc2Cl)c1. The van der Waals surface area contributed by atoms with Crippen LogP contribution < -0.4 is 5.32 Å². The van der Waals surface area contributed by atoms with Crippen LogP contribution in [0.5, 0.6) is 0 Å². The van der Waals surface area contributed by atoms with E-state index < -0.39 is 15.9 Å². The Hall–Kier alpha value is -1.83. The first-order valence-electron chi connectivity index (χ1n) is 5.89. The van der Waals surface area contributed by atoms with Crippen molar-refractivity contribution in [2.75, 3.05) is 19.4 Å². The second-order valence-corrected chi connectivity index (χ2v) is 6.87. The second-order valence-electron chi connectivity index (χ2n) is 4.38. The molecule has 21 heavy (non-hydrogen) atoms. The standard InChI is InChI=1S/C13H13ClN2O4S/c1-16(2)21(18,19)10-5-3-4-9(8-10)15-13(17)11-6-7-20-12(11)14/h3-8H,1-2H3,(H,15,17). The van der Waals surface area contributed by atoms with E-state index in [9.17, 15) is 13.2 Å². The van der Waals surface area contributed by atoms with Gasteiger partial charge in [-0.25, -0.2) is 12.7 Å². The molecule has 1 aromatic heterocycles. The van der Waals surface area contributed by atoms with Gasteiger partial charge < -0.3 is 9.73 Å². The van der Waals surface area contributed by atoms with Crippen LogP contribution in [-0.4, -0.2) is 32.7 Å². The van der Waals surface area contributed by atoms with Gasteiger partial charge in [0.25, 0.3) is 5.91 Å². The molecule has 2 rings (SSSR count). The van der Waals surface area contributed by atoms with Crippen LogP contribution in [0, 0.1) is 0 Å². The van der Waals surface area contributed by atoms with E-state index in [0.717, 1.165) is 4.31 Å². The lowest BCUT2D eigenvalue weighted by atomic mass is 10.3. The number of halogens is 1. The number of rotatable bonds is 4. The highest BCUT2D eigenvalue weighted by Crippen LogP contribution is 2.21. The lowest BCUT2D eigenvalue weighted by Crippen LogP contribution is -2.22. The zero-order valence-electron chi connectivity index (χ0n) is 11.3. The van der Waals surface area contributed by atoms with Gasteiger partial charge in [0.2, 0.25) is 15.2 Å². The lowest BCUT2D eigenvalue weighted by Gasteiger charge is -2.12. The van der Waals surface area contributed by atoms with E-state index >= 15 is 0 Å². The maximum absolute atomic E-state index is 12.0. The Balaban J connectivity index is 2.27. The fraction of sp³-hybridized carbons (Fsp3) is 0.154. The molecule has 0 aliphatic carbocycles. The molecule has 2 aromatic rings. The summed E-state index contributed by atoms with van der Waals surface area (Å²) in [7, 11) is -0.687. The Bertz CT molecular complexity index is 768. The minimum atomic E-state index is -3.56. The number of nitrogens with zero attached hydrogens (tertiary/aromatic N) is 1. The molecule has 0 unspecified atom stereocenters. The molecule has 0 radical (unpaired) electrons. The third-order valence-corrected chi connectivity index (χ3v) is 4.84. The number of nitrogens with one attached hydrogen (secondary N) is 1. The summed E-state index contributed by atoms with van der Waals surface area (Å²) < 4.78 is 30.0. The predicted octanol–water partition coefficient (Wildman–Crippen LogP) is 2.44. The number of hydrogen-bond donors (Lipinski definition) is 1. The first-order chi connectivity index (χ1) is 9.82. The van der Waals surface area contributed by atoms with Gasteiger partial charge in [-0.05, 0) is 35.9 Å². The molecular weight excluding hydrogens is 316 g/mol. The first kappa shape index (κ1) is 15.6. The zero-order chi connectivity index (χ0) is 15.6. The molecule has 0 spiro atoms. The molecule has 6 nitrogen and oxygen atoms in total. The van der Waals surface area contributed by atoms with E-state index in [0.29, 0.717) is 5.69 Å². The van der Waals surface area contributed by atoms with Crippen LogP contribution >= 0.6 is 11.6 Å². The molecule has 112 valence electrons. The van der Waals surface area contributed by atoms with Crippen molar-refractivity contribution in [3.8, 4) is 0 Å². The van der Waals surface area contributed by atoms with Gasteiger partial charge in [0.15, 0.2) is 0 Å². The highest BCUT2D eigenvalue weighted by molar-refractivity contribution is 7.89. The minimum Gasteiger partial charge on any atom is -0.452 e. The number of anilines is 1. The molecule has 0 aliphatic rings. The van der Waals surface area contributed by atoms with Gasteiger partial charge in [-0.15, -0.1) is 0 Å². The van der Waals surface area contributed by atoms with E-state index in [1.165, 1.54) is 38.6 Å². The number of furan rings is 1. The normalized spacial score (nSPS) is 11.6. The Labute approximate surface area is 127 Å². The number of carbonyl (C=O) groups is 1. The monoisotopic (exact) mass is 328 g/mol. The van der Waals surface area contributed by atoms with Crippen LogP contribution in [0.25, 0.3) is 0 Å². The quantitative estimate of drug-likeness (QED) is 0.934. The van der Waals surface area contributed by atoms with E-state index in [2.05, 4.69) is 5.32 Å². The van der Waals surface area contributed by atoms with Crippen molar-refractivity contribution in [3.05, 3.63) is 47.4 Å². The number of sulfonamides is 1. The van der Waals surface area contributed by atoms with Gasteiger partial charge in [-0.1, -0.05) is 6.07 Å². The summed E-state index contributed by atoms with van der Waals surface area (Å²) in [5.74, 6) is -0.479. The molecule has 0 fully saturated rings. The molecule has 1 N–H and O–H groups in total. The zero-order valence-corrected chi connectivity index (χ0v) is 12.9. The maximum atomic E-state index is 12.0. The van der Waals surface area contributed by atoms with Gasteiger partial charge in [-0.2, -0.15) is 0 Å². The lowest BCUT2D eigenvalue weighted by molar-refractivity contribution is 0.102. The molecule has 1 heterocycles. The molecule has 1 aromatic carbocycles. The fourth-order valence-electron chi connectivity index (χ4n) is 1.60. The van der Waals surface area contributed by atoms with Crippen molar-refractivity contribution in [2.24, 2.45) is 0 Å². The van der Waals surface area contributed by atoms with Gasteiger partial charge in [0, 0.05) is 19.8 Å². The smallest absolute Gasteiger partial charge is 0.260 e. The van der Waals surface area contributed by atoms with Crippen molar-refractivity contribution < 1.29 is 17.6 Å². The fourth-order valence-corrected chi connectivity index (χ4v) is 2.75. The van der Waals surface area contributed by atoms with Crippen molar-refractivity contribution in [3.63, 3.8) is 0 Å². The van der Waals surface area contributed by atoms with Crippen molar-refractivity contribution >= 4 is 33.2 Å². The molecular formula is C13H13ClN2O4S. The number of benzene rings is 1. The predicted molar refractivity (Wildman–Crippen MR) is 79.0 cm³/mol. The number of hydrogen-bond acceptors (Lipinski definition) is 4. The summed E-state index contributed by atoms with van der Waals surface area (Å²) in [4.78, 5) is 12.1. The molecule has 0 saturated carbocycles. The Morgan fingerprint density at radius 1 is 1.29 bits per heavy atom. The van der Waals surface area contributed by atoms with Crippen molar-refractivity contribution in [1.29, 1.82) is 0 Å². The average molecular weight is 329 g/mol. The summed E-state index contributed by atoms with van der Waals surface area (Å²) in [6.07, 6.45) is 1.30. The van der Waals surface area contributed by atoms with Crippen LogP contribution in [0.3, 0.4) is 0 Å². The highest BCUT2D eigenvalue weighted by Gasteiger charge is 2.18. The van der Waals surface area contributed by atoms with Crippen LogP contribution in [0.4, 0.5) is 5.69 Å². The van der Waals surface area contributed by atoms with Crippen LogP contribution in [0.15, 0.2) is 45.9 Å². The summed E-state index contributed by atoms with van der Waals surface area (Å²) >= 11 is 5.72. The topological polar surface area (TPSA) is 79.6 Å². The van der Waals surface area contributed by atoms with Crippen LogP contribution in [-0.2, 0) is 10.0 Å². The Morgan fingerprint density at radius 2 is 2.00 bits per heavy atom. The molecule has 0 aliphatic heterocycles. The largest absolute Gasteiger partial charge is 0.452 e. The highest BCUT2D eigenvalue weighted by atomic mass is 35.5. The van der Waals surface area contributed by atoms with Crippen LogP contribution in [0.2, 0.25) is 5.22 Å². The molecule has 0 atom stereocenters. The van der Waals surface area contributed by atoms with Gasteiger partial charge >= 0.3 is 0 Å². The maximum Gasteiger partial charge on any atom is 0.260 e. The minimum absolute atomic E-state index is 0.0235. The number of carbonyl (C=O) groups excluding carboxylic acids is 1. The second kappa shape index (κ2) is 5.88. The van der Waals surface area contributed by atoms with E-state index in [1.54, 1.807) is 12.1 Å². The van der Waals surface area contributed by atoms with Gasteiger partial charge in [-0.3, -0.25) is 4.79 Å². The summed E-state index contributed by atoms with van der Waals surface area (Å²) in [5, 5.41) is 2.55.